The molecule has 0 aliphatic carbocycles. The second kappa shape index (κ2) is 60.8. The highest BCUT2D eigenvalue weighted by atomic mass is 127. The molecule has 5 aromatic rings. The first-order valence-corrected chi connectivity index (χ1v) is 46.7. The van der Waals surface area contributed by atoms with E-state index in [-0.39, 0.29) is 127 Å². The van der Waals surface area contributed by atoms with Gasteiger partial charge in [-0.15, -0.1) is 0 Å². The fourth-order valence-corrected chi connectivity index (χ4v) is 15.4. The van der Waals surface area contributed by atoms with Crippen molar-refractivity contribution in [2.24, 2.45) is 22.6 Å². The average Bonchev–Trinajstić information content (AvgIpc) is 1.68. The van der Waals surface area contributed by atoms with E-state index in [0.717, 1.165) is 117 Å². The molecule has 12 heterocycles. The van der Waals surface area contributed by atoms with Crippen molar-refractivity contribution in [1.82, 2.24) is 53.0 Å². The van der Waals surface area contributed by atoms with Gasteiger partial charge >= 0.3 is 41.6 Å². The maximum Gasteiger partial charge on any atom is 0.412 e. The molecule has 7 atom stereocenters. The molecule has 1 amide bonds. The number of anilines is 1. The first-order chi connectivity index (χ1) is 62.2. The van der Waals surface area contributed by atoms with Crippen molar-refractivity contribution >= 4 is 96.7 Å². The van der Waals surface area contributed by atoms with Crippen molar-refractivity contribution in [3.8, 4) is 0 Å². The number of amides is 1. The predicted molar refractivity (Wildman–Crippen MR) is 506 cm³/mol. The summed E-state index contributed by atoms with van der Waals surface area (Å²) in [6, 6.07) is 15.9. The van der Waals surface area contributed by atoms with Crippen LogP contribution in [-0.2, 0) is 33.3 Å². The van der Waals surface area contributed by atoms with Crippen LogP contribution in [0.25, 0.3) is 0 Å². The summed E-state index contributed by atoms with van der Waals surface area (Å²) in [6.07, 6.45) is 14.6. The molecule has 0 aromatic carbocycles. The van der Waals surface area contributed by atoms with Crippen LogP contribution in [0.5, 0.6) is 0 Å². The Hall–Kier alpha value is -8.31. The first kappa shape index (κ1) is 115. The number of pyridine rings is 4. The SMILES string of the molecule is CC(C)(C)OC(=O)C[C@@H]1CCN(CCF)C1.CC(C)(C)OC(=O)C[C@@H]1CCNC1.CC(C)(C)OC(=O)Nc1cccn([C@H]2CCN(CCF)C2)c1=O.COC(=O)c1cccn([C@H]2CCN(CCF)C2)c1=O.COC(=O)c1cccoc1=O.FCCI.N[C@@H]1CCN(CCF)C1.O=C(O)c1cccn([C@H]2CCN(CCF)C2)c1=O.O=c1c(N=CI)cccn1[C@@H]1CCN(CCF)C1. The van der Waals surface area contributed by atoms with Gasteiger partial charge in [0.25, 0.3) is 22.2 Å². The Labute approximate surface area is 789 Å². The van der Waals surface area contributed by atoms with Crippen molar-refractivity contribution in [3.05, 3.63) is 160 Å². The van der Waals surface area contributed by atoms with Crippen molar-refractivity contribution in [3.63, 3.8) is 0 Å². The Kier molecular flexibility index (Phi) is 53.4. The summed E-state index contributed by atoms with van der Waals surface area (Å²) in [6.45, 7) is 28.3. The number of hydrogen-bond donors (Lipinski definition) is 4. The van der Waals surface area contributed by atoms with E-state index in [1.54, 1.807) is 93.8 Å². The van der Waals surface area contributed by atoms with Gasteiger partial charge in [-0.1, -0.05) is 22.6 Å². The average molecular weight is 2090 g/mol. The number of methoxy groups -OCH3 is 2. The summed E-state index contributed by atoms with van der Waals surface area (Å²) in [5.74, 6) is -1.91. The fraction of sp³-hybridized carbons (Fsp3) is 0.644. The van der Waals surface area contributed by atoms with Gasteiger partial charge < -0.3 is 67.4 Å². The number of hydrogen-bond acceptors (Lipinski definition) is 26. The van der Waals surface area contributed by atoms with Crippen LogP contribution in [0.4, 0.5) is 46.9 Å². The number of carboxylic acid groups (broad SMARTS) is 1. The Morgan fingerprint density at radius 3 is 1.25 bits per heavy atom. The number of carbonyl (C=O) groups is 6. The van der Waals surface area contributed by atoms with E-state index >= 15 is 0 Å². The topological polar surface area (TPSA) is 369 Å². The van der Waals surface area contributed by atoms with Crippen LogP contribution in [0.1, 0.15) is 175 Å². The highest BCUT2D eigenvalue weighted by Crippen LogP contribution is 2.27. The minimum absolute atomic E-state index is 0.00515. The van der Waals surface area contributed by atoms with Crippen LogP contribution in [0, 0.1) is 11.8 Å². The lowest BCUT2D eigenvalue weighted by molar-refractivity contribution is -0.157. The van der Waals surface area contributed by atoms with E-state index in [0.29, 0.717) is 93.7 Å². The number of nitrogens with two attached hydrogens (primary N) is 1. The van der Waals surface area contributed by atoms with Crippen LogP contribution in [0.2, 0.25) is 0 Å². The maximum absolute atomic E-state index is 12.5. The van der Waals surface area contributed by atoms with Gasteiger partial charge in [-0.3, -0.25) is 63.0 Å². The molecule has 736 valence electrons. The Bertz CT molecular complexity index is 4600. The molecule has 41 heteroatoms. The van der Waals surface area contributed by atoms with Gasteiger partial charge in [0.05, 0.1) is 55.5 Å². The largest absolute Gasteiger partial charge is 0.477 e. The van der Waals surface area contributed by atoms with Gasteiger partial charge in [0.15, 0.2) is 0 Å². The van der Waals surface area contributed by atoms with Gasteiger partial charge in [-0.2, -0.15) is 0 Å². The van der Waals surface area contributed by atoms with E-state index in [4.69, 9.17) is 25.1 Å². The second-order valence-electron chi connectivity index (χ2n) is 34.7. The van der Waals surface area contributed by atoms with Crippen LogP contribution >= 0.6 is 45.2 Å². The molecule has 32 nitrogen and oxygen atoms in total. The van der Waals surface area contributed by atoms with E-state index in [2.05, 4.69) is 39.3 Å². The third-order valence-electron chi connectivity index (χ3n) is 21.1. The van der Waals surface area contributed by atoms with Gasteiger partial charge in [0, 0.05) is 153 Å². The molecular weight excluding hydrogens is 1950 g/mol. The number of ether oxygens (including phenoxy) is 5. The normalized spacial score (nSPS) is 19.8. The molecule has 0 bridgehead atoms. The lowest BCUT2D eigenvalue weighted by atomic mass is 10.1. The zero-order valence-electron chi connectivity index (χ0n) is 77.2. The number of rotatable bonds is 26. The highest BCUT2D eigenvalue weighted by molar-refractivity contribution is 14.1. The van der Waals surface area contributed by atoms with Gasteiger partial charge in [-0.05, 0) is 229 Å². The fourth-order valence-electron chi connectivity index (χ4n) is 15.1. The Balaban J connectivity index is 0.000000315. The summed E-state index contributed by atoms with van der Waals surface area (Å²) in [7, 11) is 2.45. The number of carboxylic acids is 1. The second-order valence-corrected chi connectivity index (χ2v) is 36.3. The maximum atomic E-state index is 12.5. The third-order valence-corrected chi connectivity index (χ3v) is 21.8. The Morgan fingerprint density at radius 2 is 0.863 bits per heavy atom. The number of aromatic nitrogens is 4. The molecule has 7 aliphatic rings. The minimum Gasteiger partial charge on any atom is -0.477 e. The standard InChI is InChI=1S/C16H24FN3O3.C13H17FN2O3.C12H15FIN3O.C12H15FN2O3.C12H22FNO2.C10H19NO2.C7H6O4.C6H13FN2.C2H4FI/c1-16(2,3)23-15(22)18-13-5-4-8-20(14(13)21)12-6-9-19(11-12)10-7-17;1-19-13(18)11-3-2-6-16(12(11)17)10-4-7-15(9-10)8-5-14;13-4-7-16-6-3-10(8-16)17-5-1-2-11(12(17)18)15-9-14;13-4-7-14-6-3-9(8-14)15-5-1-2-10(11(15)16)12(17)18;1-12(2,3)16-11(15)8-10-4-6-14(9-10)7-5-13;1-10(2,3)13-9(12)6-8-4-5-11-7-8;1-10-6(8)5-3-2-4-11-7(5)9;7-2-4-9-3-1-6(8)5-9;3-1-2-4/h4-5,8,12H,6-7,9-11H2,1-3H3,(H,18,22);2-3,6,10H,4-5,7-9H2,1H3;1-2,5,9-10H,3-4,6-8H2;1-2,5,9H,3-4,6-8H2,(H,17,18);10H,4-9H2,1-3H3;8,11H,4-7H2,1-3H3;2-4H,1H3;6H,1-5,8H2;1-2H2/t12-;2*10-;9-;10-;8-;;6-;/m001000.1./s1. The highest BCUT2D eigenvalue weighted by Gasteiger charge is 2.32. The molecule has 0 unspecified atom stereocenters. The van der Waals surface area contributed by atoms with E-state index in [9.17, 15) is 83.5 Å². The van der Waals surface area contributed by atoms with Crippen LogP contribution in [0.15, 0.2) is 125 Å². The number of likely N-dealkylation sites (tertiary alicyclic amines) is 6. The predicted octanol–water partition coefficient (Wildman–Crippen LogP) is 11.3. The summed E-state index contributed by atoms with van der Waals surface area (Å²) in [4.78, 5) is 144. The molecule has 0 saturated carbocycles. The summed E-state index contributed by atoms with van der Waals surface area (Å²) in [5.41, 5.74) is 2.72. The number of aromatic carboxylic acids is 1. The summed E-state index contributed by atoms with van der Waals surface area (Å²) < 4.78 is 121. The van der Waals surface area contributed by atoms with Crippen molar-refractivity contribution in [1.29, 1.82) is 0 Å². The third kappa shape index (κ3) is 43.3. The quantitative estimate of drug-likeness (QED) is 0.00997. The van der Waals surface area contributed by atoms with Crippen LogP contribution < -0.4 is 44.2 Å². The molecule has 7 aliphatic heterocycles. The number of alkyl halides is 8. The number of nitrogens with one attached hydrogen (secondary N) is 2. The van der Waals surface area contributed by atoms with Crippen molar-refractivity contribution in [2.75, 3.05) is 202 Å². The molecule has 0 radical (unpaired) electrons. The smallest absolute Gasteiger partial charge is 0.412 e. The number of halogens is 9. The molecule has 7 saturated heterocycles. The molecular formula is C90H135F7I2N14O18. The van der Waals surface area contributed by atoms with Gasteiger partial charge in [0.2, 0.25) is 0 Å². The molecule has 0 spiro atoms. The van der Waals surface area contributed by atoms with Gasteiger partial charge in [-0.25, -0.2) is 55.3 Å². The van der Waals surface area contributed by atoms with E-state index < -0.39 is 53.1 Å². The van der Waals surface area contributed by atoms with E-state index in [1.165, 1.54) is 49.3 Å². The Morgan fingerprint density at radius 1 is 0.489 bits per heavy atom. The number of esters is 4. The molecule has 5 N–H and O–H groups in total. The number of aliphatic imine (C=N–C) groups is 1. The van der Waals surface area contributed by atoms with Gasteiger partial charge in [0.1, 0.15) is 84.9 Å². The molecule has 7 fully saturated rings. The summed E-state index contributed by atoms with van der Waals surface area (Å²) >= 11 is 3.97. The zero-order valence-corrected chi connectivity index (χ0v) is 81.5. The van der Waals surface area contributed by atoms with Crippen molar-refractivity contribution < 1.29 is 92.7 Å². The number of carbonyl (C=O) groups excluding carboxylic acids is 5. The monoisotopic (exact) mass is 2090 g/mol. The molecule has 5 aromatic heterocycles. The minimum atomic E-state index is -1.21. The van der Waals surface area contributed by atoms with E-state index in [1.807, 2.05) is 112 Å². The van der Waals surface area contributed by atoms with Crippen molar-refractivity contribution in [2.45, 2.75) is 167 Å². The van der Waals surface area contributed by atoms with Crippen LogP contribution in [0.3, 0.4) is 0 Å². The lowest BCUT2D eigenvalue weighted by Crippen LogP contribution is -2.32. The molecule has 131 heavy (non-hydrogen) atoms. The first-order valence-electron chi connectivity index (χ1n) is 43.9. The zero-order chi connectivity index (χ0) is 97.4. The lowest BCUT2D eigenvalue weighted by Gasteiger charge is -2.20. The van der Waals surface area contributed by atoms with Crippen LogP contribution in [-0.4, -0.2) is 312 Å². The number of nitrogens with zero attached hydrogens (tertiary/aromatic N) is 11. The summed E-state index contributed by atoms with van der Waals surface area (Å²) in [5, 5.41) is 14.6. The molecule has 12 rings (SSSR count).